The summed E-state index contributed by atoms with van der Waals surface area (Å²) < 4.78 is 0. The molecule has 20 N–H and O–H groups in total. The second-order valence-electron chi connectivity index (χ2n) is 13.9. The van der Waals surface area contributed by atoms with Crippen LogP contribution in [-0.2, 0) is 133 Å². The summed E-state index contributed by atoms with van der Waals surface area (Å²) in [5.41, 5.74) is 48.7. The summed E-state index contributed by atoms with van der Waals surface area (Å²) >= 11 is 7.22. The molecule has 37 heteroatoms. The van der Waals surface area contributed by atoms with Gasteiger partial charge in [-0.25, -0.2) is 0 Å². The Kier molecular flexibility index (Phi) is 109. The minimum absolute atomic E-state index is 0. The summed E-state index contributed by atoms with van der Waals surface area (Å²) in [5.74, 6) is -12.0. The molecular weight excluding hydrogens is 1270 g/mol. The van der Waals surface area contributed by atoms with Crippen molar-refractivity contribution in [2.24, 2.45) is 81.0 Å². The molecule has 0 amide bonds. The molecule has 0 aliphatic rings. The predicted molar refractivity (Wildman–Crippen MR) is 230 cm³/mol. The van der Waals surface area contributed by atoms with Crippen LogP contribution in [0.2, 0.25) is 0 Å². The Morgan fingerprint density at radius 1 is 0.315 bits per heavy atom. The molecule has 453 valence electrons. The van der Waals surface area contributed by atoms with Gasteiger partial charge in [0.2, 0.25) is 0 Å². The van der Waals surface area contributed by atoms with Crippen LogP contribution >= 0.6 is 25.3 Å². The third kappa shape index (κ3) is 111. The minimum atomic E-state index is -1.25. The summed E-state index contributed by atoms with van der Waals surface area (Å²) in [4.78, 5) is 96.1. The van der Waals surface area contributed by atoms with Crippen molar-refractivity contribution in [3.63, 3.8) is 0 Å². The fourth-order valence-corrected chi connectivity index (χ4v) is 1.54. The van der Waals surface area contributed by atoms with Crippen LogP contribution in [0, 0.1) is 23.7 Å². The first-order chi connectivity index (χ1) is 30.4. The Morgan fingerprint density at radius 3 is 0.425 bits per heavy atom. The maximum absolute atomic E-state index is 9.90. The first kappa shape index (κ1) is 111. The molecule has 0 spiro atoms. The van der Waals surface area contributed by atoms with Gasteiger partial charge in [-0.15, -0.1) is 0 Å². The maximum atomic E-state index is 9.90. The van der Waals surface area contributed by atoms with E-state index in [0.717, 1.165) is 0 Å². The van der Waals surface area contributed by atoms with Crippen molar-refractivity contribution in [1.82, 2.24) is 0 Å². The third-order valence-electron chi connectivity index (χ3n) is 6.04. The molecule has 0 fully saturated rings. The molecule has 30 nitrogen and oxygen atoms in total. The van der Waals surface area contributed by atoms with Crippen molar-refractivity contribution in [1.29, 1.82) is 0 Å². The van der Waals surface area contributed by atoms with Gasteiger partial charge in [0.1, 0.15) is 0 Å². The summed E-state index contributed by atoms with van der Waals surface area (Å²) in [5, 5.41) is 96.1. The van der Waals surface area contributed by atoms with E-state index in [1.165, 1.54) is 13.8 Å². The zero-order valence-corrected chi connectivity index (χ0v) is 47.6. The van der Waals surface area contributed by atoms with Gasteiger partial charge in [-0.2, -0.15) is 25.3 Å². The smallest absolute Gasteiger partial charge is 0.549 e. The molecule has 0 aromatic carbocycles. The summed E-state index contributed by atoms with van der Waals surface area (Å²) in [7, 11) is 0. The van der Waals surface area contributed by atoms with Gasteiger partial charge in [-0.1, -0.05) is 55.4 Å². The summed E-state index contributed by atoms with van der Waals surface area (Å²) in [6.45, 7) is 15.8. The van der Waals surface area contributed by atoms with Crippen molar-refractivity contribution >= 4 is 85.0 Å². The number of aliphatic carboxylic acids is 10. The van der Waals surface area contributed by atoms with E-state index in [-0.39, 0.29) is 134 Å². The van der Waals surface area contributed by atoms with Gasteiger partial charge >= 0.3 is 85.3 Å². The molecular formula is C36H72Cu5N10O20S2. The number of carboxylic acids is 10. The molecule has 0 aromatic rings. The molecule has 0 saturated heterocycles. The second-order valence-corrected chi connectivity index (χ2v) is 14.7. The summed E-state index contributed by atoms with van der Waals surface area (Å²) in [6, 6.07) is -6.84. The molecule has 5 radical (unpaired) electrons. The average Bonchev–Trinajstić information content (AvgIpc) is 3.23. The van der Waals surface area contributed by atoms with Gasteiger partial charge < -0.3 is 156 Å². The molecule has 0 heterocycles. The third-order valence-corrected chi connectivity index (χ3v) is 6.82. The topological polar surface area (TPSA) is 661 Å². The monoisotopic (exact) mass is 1340 g/mol. The van der Waals surface area contributed by atoms with E-state index in [2.05, 4.69) is 36.7 Å². The number of carboxylic acid groups (broad SMARTS) is 10. The van der Waals surface area contributed by atoms with E-state index in [9.17, 15) is 79.2 Å². The number of hydrogen-bond donors (Lipinski definition) is 12. The van der Waals surface area contributed by atoms with Crippen LogP contribution in [-0.4, -0.2) is 133 Å². The largest absolute Gasteiger partial charge is 2.00 e. The molecule has 0 aromatic heterocycles. The Bertz CT molecular complexity index is 1260. The SMILES string of the molecule is CC(C)[C@H](N)C(=O)[O-].CC(C)[C@H](N)C(=O)[O-].CC(C)[C@H](N)C(=O)[O-].CC(C)[C@H](N)C(=O)[O-].C[C@H](N)C(=O)[O-].C[C@H](N)C(=O)[O-].NCC(=O)[O-].NCC(=O)[O-].N[C@@H](CS)C(=O)[O-].N[C@@H](CS)C(=O)[O-].[Cu+2].[Cu+2].[Cu+2].[Cu+2].[Cu+2]. The molecule has 0 aliphatic heterocycles. The van der Waals surface area contributed by atoms with Gasteiger partial charge in [-0.3, -0.25) is 0 Å². The first-order valence-electron chi connectivity index (χ1n) is 19.1. The van der Waals surface area contributed by atoms with E-state index in [0.29, 0.717) is 0 Å². The van der Waals surface area contributed by atoms with Gasteiger partial charge in [0.25, 0.3) is 0 Å². The standard InChI is InChI=1S/4C5H11NO2.2C3H7NO2S.2C3H7NO2.2C2H5NO2.5Cu/c4*1-3(2)4(6)5(7)8;2*4-2(1-7)3(5)6;2*1-2(4)3(5)6;2*3-1-2(4)5;;;;;/h4*3-4H,6H2,1-2H3,(H,7,8);2*2,7H,1,4H2,(H,5,6);2*2H,4H2,1H3,(H,5,6);2*1,3H2,(H,4,5);;;;;/q;;;;;;;;;;5*+2/p-10/t4*4-;4*2-;;;;;;;/m00000000......./s1. The van der Waals surface area contributed by atoms with E-state index in [1.54, 1.807) is 55.4 Å². The maximum Gasteiger partial charge on any atom is 2.00 e. The van der Waals surface area contributed by atoms with Crippen LogP contribution in [0.25, 0.3) is 0 Å². The molecule has 0 saturated carbocycles. The molecule has 8 atom stereocenters. The fraction of sp³-hybridized carbons (Fsp3) is 0.722. The zero-order chi connectivity index (χ0) is 57.5. The Morgan fingerprint density at radius 2 is 0.425 bits per heavy atom. The second kappa shape index (κ2) is 71.7. The van der Waals surface area contributed by atoms with Crippen molar-refractivity contribution in [3.8, 4) is 0 Å². The van der Waals surface area contributed by atoms with Crippen LogP contribution in [0.1, 0.15) is 69.2 Å². The normalized spacial score (nSPS) is 12.0. The zero-order valence-electron chi connectivity index (χ0n) is 41.1. The van der Waals surface area contributed by atoms with Crippen LogP contribution < -0.4 is 108 Å². The minimum Gasteiger partial charge on any atom is -0.549 e. The van der Waals surface area contributed by atoms with Crippen LogP contribution in [0.5, 0.6) is 0 Å². The van der Waals surface area contributed by atoms with E-state index >= 15 is 0 Å². The van der Waals surface area contributed by atoms with E-state index in [4.69, 9.17) is 65.7 Å². The Balaban J connectivity index is -0.0000000392. The van der Waals surface area contributed by atoms with Crippen molar-refractivity contribution in [2.45, 2.75) is 118 Å². The number of rotatable bonds is 16. The first-order valence-corrected chi connectivity index (χ1v) is 20.4. The van der Waals surface area contributed by atoms with Crippen LogP contribution in [0.4, 0.5) is 0 Å². The predicted octanol–water partition coefficient (Wildman–Crippen LogP) is -17.6. The van der Waals surface area contributed by atoms with E-state index < -0.39 is 108 Å². The molecule has 0 bridgehead atoms. The number of hydrogen-bond acceptors (Lipinski definition) is 32. The van der Waals surface area contributed by atoms with Gasteiger partial charge in [-0.05, 0) is 37.5 Å². The van der Waals surface area contributed by atoms with E-state index in [1.807, 2.05) is 0 Å². The van der Waals surface area contributed by atoms with Crippen molar-refractivity contribution < 1.29 is 184 Å². The molecule has 0 aliphatic carbocycles. The quantitative estimate of drug-likeness (QED) is 0.0504. The van der Waals surface area contributed by atoms with Gasteiger partial charge in [0, 0.05) is 60.8 Å². The Labute approximate surface area is 489 Å². The van der Waals surface area contributed by atoms with Crippen LogP contribution in [0.15, 0.2) is 0 Å². The number of thiol groups is 2. The number of carbonyl (C=O) groups is 10. The van der Waals surface area contributed by atoms with Gasteiger partial charge in [0.15, 0.2) is 0 Å². The van der Waals surface area contributed by atoms with Crippen molar-refractivity contribution in [2.75, 3.05) is 24.6 Å². The molecule has 73 heavy (non-hydrogen) atoms. The van der Waals surface area contributed by atoms with Crippen molar-refractivity contribution in [3.05, 3.63) is 0 Å². The molecule has 0 rings (SSSR count). The molecule has 0 unspecified atom stereocenters. The summed E-state index contributed by atoms with van der Waals surface area (Å²) in [6.07, 6.45) is 0. The number of nitrogens with two attached hydrogens (primary N) is 10. The average molecular weight is 1350 g/mol. The van der Waals surface area contributed by atoms with Crippen LogP contribution in [0.3, 0.4) is 0 Å². The number of carbonyl (C=O) groups excluding carboxylic acids is 10. The Hall–Kier alpha value is -2.40. The fourth-order valence-electron chi connectivity index (χ4n) is 1.24. The van der Waals surface area contributed by atoms with Gasteiger partial charge in [0.05, 0.1) is 71.8 Å².